The Morgan fingerprint density at radius 2 is 2.19 bits per heavy atom. The predicted molar refractivity (Wildman–Crippen MR) is 57.4 cm³/mol. The Bertz CT molecular complexity index is 251. The van der Waals surface area contributed by atoms with E-state index in [4.69, 9.17) is 14.6 Å². The Kier molecular flexibility index (Phi) is 3.47. The van der Waals surface area contributed by atoms with E-state index >= 15 is 0 Å². The van der Waals surface area contributed by atoms with Crippen molar-refractivity contribution < 1.29 is 19.4 Å². The monoisotopic (exact) mass is 229 g/mol. The van der Waals surface area contributed by atoms with E-state index in [-0.39, 0.29) is 18.1 Å². The molecule has 2 fully saturated rings. The lowest BCUT2D eigenvalue weighted by Crippen LogP contribution is -2.53. The summed E-state index contributed by atoms with van der Waals surface area (Å²) in [6, 6.07) is 0. The number of carboxylic acid groups (broad SMARTS) is 1. The molecule has 0 aliphatic carbocycles. The molecule has 1 spiro atoms. The number of ether oxygens (including phenoxy) is 2. The van der Waals surface area contributed by atoms with E-state index in [1.165, 1.54) is 0 Å². The molecule has 5 heteroatoms. The van der Waals surface area contributed by atoms with Crippen molar-refractivity contribution in [1.82, 2.24) is 4.90 Å². The summed E-state index contributed by atoms with van der Waals surface area (Å²) in [6.07, 6.45) is 1.71. The fourth-order valence-electron chi connectivity index (χ4n) is 2.26. The van der Waals surface area contributed by atoms with Crippen molar-refractivity contribution in [3.8, 4) is 0 Å². The van der Waals surface area contributed by atoms with Crippen molar-refractivity contribution in [1.29, 1.82) is 0 Å². The molecule has 0 aromatic rings. The summed E-state index contributed by atoms with van der Waals surface area (Å²) in [4.78, 5) is 12.8. The lowest BCUT2D eigenvalue weighted by molar-refractivity contribution is -0.208. The van der Waals surface area contributed by atoms with Crippen LogP contribution in [0.3, 0.4) is 0 Å². The number of aliphatic carboxylic acids is 1. The number of rotatable bonds is 2. The highest BCUT2D eigenvalue weighted by molar-refractivity contribution is 5.67. The van der Waals surface area contributed by atoms with Gasteiger partial charge in [0, 0.05) is 13.1 Å². The average molecular weight is 229 g/mol. The van der Waals surface area contributed by atoms with Crippen LogP contribution in [0.5, 0.6) is 0 Å². The quantitative estimate of drug-likeness (QED) is 0.740. The molecule has 2 aliphatic heterocycles. The van der Waals surface area contributed by atoms with Crippen LogP contribution < -0.4 is 0 Å². The van der Waals surface area contributed by atoms with Gasteiger partial charge in [-0.25, -0.2) is 0 Å². The van der Waals surface area contributed by atoms with Crippen molar-refractivity contribution >= 4 is 5.97 Å². The van der Waals surface area contributed by atoms with Gasteiger partial charge in [-0.3, -0.25) is 4.79 Å². The van der Waals surface area contributed by atoms with Crippen molar-refractivity contribution in [3.63, 3.8) is 0 Å². The number of piperidine rings is 1. The van der Waals surface area contributed by atoms with Crippen LogP contribution >= 0.6 is 0 Å². The maximum atomic E-state index is 10.5. The summed E-state index contributed by atoms with van der Waals surface area (Å²) < 4.78 is 11.4. The van der Waals surface area contributed by atoms with E-state index in [0.717, 1.165) is 25.9 Å². The smallest absolute Gasteiger partial charge is 0.306 e. The number of hydrogen-bond donors (Lipinski definition) is 1. The van der Waals surface area contributed by atoms with Crippen LogP contribution in [0.2, 0.25) is 0 Å². The largest absolute Gasteiger partial charge is 0.481 e. The molecule has 0 aromatic heterocycles. The number of carboxylic acids is 1. The molecular formula is C11H19NO4. The van der Waals surface area contributed by atoms with Gasteiger partial charge in [-0.05, 0) is 19.9 Å². The van der Waals surface area contributed by atoms with Gasteiger partial charge in [-0.1, -0.05) is 0 Å². The van der Waals surface area contributed by atoms with Crippen LogP contribution in [-0.2, 0) is 14.3 Å². The van der Waals surface area contributed by atoms with Gasteiger partial charge in [0.15, 0.2) is 0 Å². The molecule has 0 amide bonds. The Balaban J connectivity index is 1.82. The molecule has 0 aromatic carbocycles. The van der Waals surface area contributed by atoms with E-state index in [2.05, 4.69) is 11.9 Å². The zero-order chi connectivity index (χ0) is 11.6. The zero-order valence-corrected chi connectivity index (χ0v) is 9.65. The minimum Gasteiger partial charge on any atom is -0.481 e. The fourth-order valence-corrected chi connectivity index (χ4v) is 2.26. The van der Waals surface area contributed by atoms with E-state index in [0.29, 0.717) is 13.2 Å². The normalized spacial score (nSPS) is 30.4. The molecular weight excluding hydrogens is 210 g/mol. The van der Waals surface area contributed by atoms with Crippen LogP contribution in [0, 0.1) is 0 Å². The molecule has 0 radical (unpaired) electrons. The first-order valence-corrected chi connectivity index (χ1v) is 5.76. The van der Waals surface area contributed by atoms with Gasteiger partial charge in [0.25, 0.3) is 0 Å². The molecule has 16 heavy (non-hydrogen) atoms. The number of carbonyl (C=O) groups is 1. The van der Waals surface area contributed by atoms with E-state index < -0.39 is 5.97 Å². The zero-order valence-electron chi connectivity index (χ0n) is 9.65. The van der Waals surface area contributed by atoms with Gasteiger partial charge in [0.05, 0.1) is 31.3 Å². The predicted octanol–water partition coefficient (Wildman–Crippen LogP) is 0.341. The summed E-state index contributed by atoms with van der Waals surface area (Å²) in [5.41, 5.74) is -0.151. The molecule has 92 valence electrons. The van der Waals surface area contributed by atoms with Crippen molar-refractivity contribution in [2.75, 3.05) is 33.4 Å². The molecule has 1 N–H and O–H groups in total. The van der Waals surface area contributed by atoms with Crippen LogP contribution in [0.15, 0.2) is 0 Å². The molecule has 2 heterocycles. The van der Waals surface area contributed by atoms with E-state index in [9.17, 15) is 4.79 Å². The number of nitrogens with zero attached hydrogens (tertiary/aromatic N) is 1. The lowest BCUT2D eigenvalue weighted by Gasteiger charge is -2.44. The highest BCUT2D eigenvalue weighted by Gasteiger charge is 2.39. The summed E-state index contributed by atoms with van der Waals surface area (Å²) >= 11 is 0. The van der Waals surface area contributed by atoms with Crippen LogP contribution in [-0.4, -0.2) is 61.0 Å². The number of likely N-dealkylation sites (tertiary alicyclic amines) is 1. The minimum absolute atomic E-state index is 0.0377. The third-order valence-electron chi connectivity index (χ3n) is 3.46. The summed E-state index contributed by atoms with van der Waals surface area (Å²) in [7, 11) is 2.10. The molecule has 1 unspecified atom stereocenters. The lowest BCUT2D eigenvalue weighted by atomic mass is 9.91. The summed E-state index contributed by atoms with van der Waals surface area (Å²) in [5.74, 6) is -0.826. The third kappa shape index (κ3) is 2.72. The first kappa shape index (κ1) is 11.8. The second kappa shape index (κ2) is 4.69. The van der Waals surface area contributed by atoms with Gasteiger partial charge in [0.1, 0.15) is 0 Å². The third-order valence-corrected chi connectivity index (χ3v) is 3.46. The molecule has 0 bridgehead atoms. The second-order valence-electron chi connectivity index (χ2n) is 4.83. The molecule has 2 rings (SSSR count). The maximum Gasteiger partial charge on any atom is 0.306 e. The van der Waals surface area contributed by atoms with Gasteiger partial charge in [-0.15, -0.1) is 0 Å². The van der Waals surface area contributed by atoms with Crippen LogP contribution in [0.25, 0.3) is 0 Å². The maximum absolute atomic E-state index is 10.5. The Labute approximate surface area is 95.3 Å². The van der Waals surface area contributed by atoms with Gasteiger partial charge >= 0.3 is 5.97 Å². The first-order valence-electron chi connectivity index (χ1n) is 5.76. The Morgan fingerprint density at radius 1 is 1.50 bits per heavy atom. The Morgan fingerprint density at radius 3 is 2.69 bits per heavy atom. The summed E-state index contributed by atoms with van der Waals surface area (Å²) in [6.45, 7) is 2.99. The SMILES string of the molecule is CN1CCC2(CC1)COC(CC(=O)O)CO2. The van der Waals surface area contributed by atoms with Crippen LogP contribution in [0.4, 0.5) is 0 Å². The second-order valence-corrected chi connectivity index (χ2v) is 4.83. The summed E-state index contributed by atoms with van der Waals surface area (Å²) in [5, 5.41) is 8.66. The average Bonchev–Trinajstić information content (AvgIpc) is 2.26. The van der Waals surface area contributed by atoms with Crippen molar-refractivity contribution in [2.24, 2.45) is 0 Å². The fraction of sp³-hybridized carbons (Fsp3) is 0.909. The van der Waals surface area contributed by atoms with Crippen molar-refractivity contribution in [2.45, 2.75) is 31.0 Å². The van der Waals surface area contributed by atoms with Gasteiger partial charge in [0.2, 0.25) is 0 Å². The molecule has 2 aliphatic rings. The highest BCUT2D eigenvalue weighted by Crippen LogP contribution is 2.30. The van der Waals surface area contributed by atoms with Gasteiger partial charge < -0.3 is 19.5 Å². The first-order chi connectivity index (χ1) is 7.60. The van der Waals surface area contributed by atoms with E-state index in [1.807, 2.05) is 0 Å². The van der Waals surface area contributed by atoms with E-state index in [1.54, 1.807) is 0 Å². The number of hydrogen-bond acceptors (Lipinski definition) is 4. The van der Waals surface area contributed by atoms with Crippen molar-refractivity contribution in [3.05, 3.63) is 0 Å². The standard InChI is InChI=1S/C11H19NO4/c1-12-4-2-11(3-5-12)8-15-9(7-16-11)6-10(13)14/h9H,2-8H2,1H3,(H,13,14). The minimum atomic E-state index is -0.826. The van der Waals surface area contributed by atoms with Gasteiger partial charge in [-0.2, -0.15) is 0 Å². The Hall–Kier alpha value is -0.650. The molecule has 1 atom stereocenters. The molecule has 0 saturated carbocycles. The van der Waals surface area contributed by atoms with Crippen LogP contribution in [0.1, 0.15) is 19.3 Å². The topological polar surface area (TPSA) is 59.0 Å². The highest BCUT2D eigenvalue weighted by atomic mass is 16.6. The molecule has 5 nitrogen and oxygen atoms in total. The molecule has 2 saturated heterocycles.